The average molecular weight is 426 g/mol. The van der Waals surface area contributed by atoms with Crippen LogP contribution in [-0.2, 0) is 11.8 Å². The zero-order valence-corrected chi connectivity index (χ0v) is 17.6. The number of amides is 1. The SMILES string of the molecule is COc1cc2c(cc1-c1nnc(SCC(=O)Nc3ccccc3)n1C)OCCCO2. The maximum atomic E-state index is 12.2. The van der Waals surface area contributed by atoms with Gasteiger partial charge in [-0.15, -0.1) is 10.2 Å². The van der Waals surface area contributed by atoms with Crippen molar-refractivity contribution in [3.8, 4) is 28.6 Å². The zero-order valence-electron chi connectivity index (χ0n) is 16.8. The lowest BCUT2D eigenvalue weighted by Gasteiger charge is -2.13. The quantitative estimate of drug-likeness (QED) is 0.605. The van der Waals surface area contributed by atoms with Gasteiger partial charge in [-0.25, -0.2) is 0 Å². The van der Waals surface area contributed by atoms with Gasteiger partial charge in [-0.2, -0.15) is 0 Å². The topological polar surface area (TPSA) is 87.5 Å². The number of nitrogens with one attached hydrogen (secondary N) is 1. The first kappa shape index (κ1) is 20.1. The molecule has 30 heavy (non-hydrogen) atoms. The van der Waals surface area contributed by atoms with Crippen molar-refractivity contribution in [3.05, 3.63) is 42.5 Å². The van der Waals surface area contributed by atoms with E-state index in [4.69, 9.17) is 14.2 Å². The lowest BCUT2D eigenvalue weighted by molar-refractivity contribution is -0.113. The molecule has 0 saturated heterocycles. The fraction of sp³-hybridized carbons (Fsp3) is 0.286. The molecular formula is C21H22N4O4S. The summed E-state index contributed by atoms with van der Waals surface area (Å²) in [4.78, 5) is 12.2. The van der Waals surface area contributed by atoms with Crippen molar-refractivity contribution in [1.29, 1.82) is 0 Å². The average Bonchev–Trinajstić information content (AvgIpc) is 2.97. The van der Waals surface area contributed by atoms with Gasteiger partial charge in [0.2, 0.25) is 5.91 Å². The molecule has 0 atom stereocenters. The molecule has 4 rings (SSSR count). The molecule has 2 aromatic carbocycles. The van der Waals surface area contributed by atoms with E-state index >= 15 is 0 Å². The minimum Gasteiger partial charge on any atom is -0.496 e. The van der Waals surface area contributed by atoms with E-state index in [1.54, 1.807) is 7.11 Å². The van der Waals surface area contributed by atoms with Crippen molar-refractivity contribution in [2.75, 3.05) is 31.4 Å². The van der Waals surface area contributed by atoms with Crippen LogP contribution in [0.1, 0.15) is 6.42 Å². The second-order valence-corrected chi connectivity index (χ2v) is 7.56. The summed E-state index contributed by atoms with van der Waals surface area (Å²) in [7, 11) is 3.46. The normalized spacial score (nSPS) is 12.9. The standard InChI is InChI=1S/C21H22N4O4S/c1-25-20(15-11-17-18(12-16(15)27-2)29-10-6-9-28-17)23-24-21(25)30-13-19(26)22-14-7-4-3-5-8-14/h3-5,7-8,11-12H,6,9-10,13H2,1-2H3,(H,22,26). The number of nitrogens with zero attached hydrogens (tertiary/aromatic N) is 3. The molecule has 0 unspecified atom stereocenters. The van der Waals surface area contributed by atoms with Crippen LogP contribution in [0.2, 0.25) is 0 Å². The summed E-state index contributed by atoms with van der Waals surface area (Å²) in [5, 5.41) is 12.0. The summed E-state index contributed by atoms with van der Waals surface area (Å²) >= 11 is 1.32. The van der Waals surface area contributed by atoms with E-state index in [1.807, 2.05) is 54.1 Å². The third-order valence-electron chi connectivity index (χ3n) is 4.54. The Kier molecular flexibility index (Phi) is 6.08. The fourth-order valence-corrected chi connectivity index (χ4v) is 3.77. The number of methoxy groups -OCH3 is 1. The number of aromatic nitrogens is 3. The van der Waals surface area contributed by atoms with Crippen LogP contribution in [0, 0.1) is 0 Å². The smallest absolute Gasteiger partial charge is 0.234 e. The third kappa shape index (κ3) is 4.35. The molecule has 1 amide bonds. The molecule has 156 valence electrons. The van der Waals surface area contributed by atoms with Gasteiger partial charge < -0.3 is 24.1 Å². The second-order valence-electron chi connectivity index (χ2n) is 6.62. The number of hydrogen-bond acceptors (Lipinski definition) is 7. The Bertz CT molecular complexity index is 1040. The number of thioether (sulfide) groups is 1. The molecule has 0 bridgehead atoms. The molecule has 0 radical (unpaired) electrons. The minimum atomic E-state index is -0.107. The van der Waals surface area contributed by atoms with Gasteiger partial charge in [-0.3, -0.25) is 4.79 Å². The first-order valence-corrected chi connectivity index (χ1v) is 10.5. The molecule has 1 aromatic heterocycles. The predicted octanol–water partition coefficient (Wildman–Crippen LogP) is 3.38. The molecule has 2 heterocycles. The highest BCUT2D eigenvalue weighted by Crippen LogP contribution is 2.41. The van der Waals surface area contributed by atoms with E-state index < -0.39 is 0 Å². The summed E-state index contributed by atoms with van der Waals surface area (Å²) in [5.74, 6) is 2.66. The summed E-state index contributed by atoms with van der Waals surface area (Å²) in [6, 6.07) is 13.0. The first-order valence-electron chi connectivity index (χ1n) is 9.51. The first-order chi connectivity index (χ1) is 14.7. The van der Waals surface area contributed by atoms with Gasteiger partial charge in [0.1, 0.15) is 5.75 Å². The molecule has 0 spiro atoms. The van der Waals surface area contributed by atoms with Crippen LogP contribution < -0.4 is 19.5 Å². The van der Waals surface area contributed by atoms with Gasteiger partial charge in [0, 0.05) is 25.2 Å². The Morgan fingerprint density at radius 2 is 1.90 bits per heavy atom. The number of para-hydroxylation sites is 1. The monoisotopic (exact) mass is 426 g/mol. The van der Waals surface area contributed by atoms with E-state index in [0.717, 1.165) is 17.7 Å². The van der Waals surface area contributed by atoms with Gasteiger partial charge in [0.25, 0.3) is 0 Å². The highest BCUT2D eigenvalue weighted by Gasteiger charge is 2.21. The van der Waals surface area contributed by atoms with Crippen LogP contribution in [0.3, 0.4) is 0 Å². The Hall–Kier alpha value is -3.20. The minimum absolute atomic E-state index is 0.107. The molecule has 1 N–H and O–H groups in total. The molecule has 1 aliphatic heterocycles. The molecule has 0 saturated carbocycles. The number of ether oxygens (including phenoxy) is 3. The van der Waals surface area contributed by atoms with E-state index in [9.17, 15) is 4.79 Å². The summed E-state index contributed by atoms with van der Waals surface area (Å²) < 4.78 is 18.9. The Morgan fingerprint density at radius 3 is 2.63 bits per heavy atom. The number of rotatable bonds is 6. The fourth-order valence-electron chi connectivity index (χ4n) is 3.06. The van der Waals surface area contributed by atoms with Gasteiger partial charge >= 0.3 is 0 Å². The molecule has 1 aliphatic rings. The van der Waals surface area contributed by atoms with Crippen molar-refractivity contribution in [3.63, 3.8) is 0 Å². The maximum Gasteiger partial charge on any atom is 0.234 e. The van der Waals surface area contributed by atoms with Crippen LogP contribution in [0.4, 0.5) is 5.69 Å². The van der Waals surface area contributed by atoms with Gasteiger partial charge in [0.05, 0.1) is 31.6 Å². The van der Waals surface area contributed by atoms with E-state index in [2.05, 4.69) is 15.5 Å². The second kappa shape index (κ2) is 9.08. The number of hydrogen-bond donors (Lipinski definition) is 1. The highest BCUT2D eigenvalue weighted by atomic mass is 32.2. The van der Waals surface area contributed by atoms with E-state index in [1.165, 1.54) is 11.8 Å². The molecule has 9 heteroatoms. The Morgan fingerprint density at radius 1 is 1.17 bits per heavy atom. The highest BCUT2D eigenvalue weighted by molar-refractivity contribution is 7.99. The number of fused-ring (bicyclic) bond motifs is 1. The van der Waals surface area contributed by atoms with E-state index in [0.29, 0.717) is 41.4 Å². The summed E-state index contributed by atoms with van der Waals surface area (Å²) in [6.07, 6.45) is 0.822. The van der Waals surface area contributed by atoms with Crippen LogP contribution in [0.25, 0.3) is 11.4 Å². The molecule has 0 fully saturated rings. The van der Waals surface area contributed by atoms with Crippen molar-refractivity contribution >= 4 is 23.4 Å². The predicted molar refractivity (Wildman–Crippen MR) is 114 cm³/mol. The third-order valence-corrected chi connectivity index (χ3v) is 5.56. The Balaban J connectivity index is 1.51. The van der Waals surface area contributed by atoms with Gasteiger partial charge in [-0.05, 0) is 18.2 Å². The largest absolute Gasteiger partial charge is 0.496 e. The maximum absolute atomic E-state index is 12.2. The summed E-state index contributed by atoms with van der Waals surface area (Å²) in [6.45, 7) is 1.19. The van der Waals surface area contributed by atoms with Crippen molar-refractivity contribution in [1.82, 2.24) is 14.8 Å². The number of carbonyl (C=O) groups excluding carboxylic acids is 1. The van der Waals surface area contributed by atoms with Gasteiger partial charge in [-0.1, -0.05) is 30.0 Å². The van der Waals surface area contributed by atoms with Crippen LogP contribution in [0.15, 0.2) is 47.6 Å². The molecule has 8 nitrogen and oxygen atoms in total. The van der Waals surface area contributed by atoms with E-state index in [-0.39, 0.29) is 11.7 Å². The zero-order chi connectivity index (χ0) is 20.9. The van der Waals surface area contributed by atoms with Crippen molar-refractivity contribution in [2.24, 2.45) is 7.05 Å². The van der Waals surface area contributed by atoms with Crippen LogP contribution in [-0.4, -0.2) is 46.7 Å². The number of benzene rings is 2. The number of anilines is 1. The molecular weight excluding hydrogens is 404 g/mol. The molecule has 3 aromatic rings. The van der Waals surface area contributed by atoms with Crippen molar-refractivity contribution < 1.29 is 19.0 Å². The van der Waals surface area contributed by atoms with Crippen molar-refractivity contribution in [2.45, 2.75) is 11.6 Å². The van der Waals surface area contributed by atoms with Crippen LogP contribution >= 0.6 is 11.8 Å². The number of carbonyl (C=O) groups is 1. The lowest BCUT2D eigenvalue weighted by Crippen LogP contribution is -2.14. The van der Waals surface area contributed by atoms with Gasteiger partial charge in [0.15, 0.2) is 22.5 Å². The summed E-state index contributed by atoms with van der Waals surface area (Å²) in [5.41, 5.74) is 1.51. The Labute approximate surface area is 178 Å². The van der Waals surface area contributed by atoms with Crippen LogP contribution in [0.5, 0.6) is 17.2 Å². The molecule has 0 aliphatic carbocycles. The lowest BCUT2D eigenvalue weighted by atomic mass is 10.1.